The van der Waals surface area contributed by atoms with Gasteiger partial charge in [0.1, 0.15) is 6.10 Å². The van der Waals surface area contributed by atoms with Gasteiger partial charge in [-0.25, -0.2) is 4.79 Å². The molecule has 0 unspecified atom stereocenters. The number of esters is 1. The van der Waals surface area contributed by atoms with Crippen LogP contribution in [-0.2, 0) is 16.0 Å². The van der Waals surface area contributed by atoms with Crippen LogP contribution in [0.3, 0.4) is 0 Å². The van der Waals surface area contributed by atoms with Gasteiger partial charge in [0, 0.05) is 19.0 Å². The smallest absolute Gasteiger partial charge is 0.339 e. The molecule has 0 saturated heterocycles. The maximum absolute atomic E-state index is 12.5. The predicted molar refractivity (Wildman–Crippen MR) is 92.2 cm³/mol. The number of nitrogens with one attached hydrogen (secondary N) is 1. The first-order valence-electron chi connectivity index (χ1n) is 8.09. The number of fused-ring (bicyclic) bond motifs is 1. The summed E-state index contributed by atoms with van der Waals surface area (Å²) in [5, 5.41) is 11.4. The van der Waals surface area contributed by atoms with Crippen LogP contribution < -0.4 is 5.32 Å². The van der Waals surface area contributed by atoms with Crippen molar-refractivity contribution in [1.29, 1.82) is 5.26 Å². The van der Waals surface area contributed by atoms with Gasteiger partial charge in [-0.1, -0.05) is 36.4 Å². The lowest BCUT2D eigenvalue weighted by Gasteiger charge is -2.25. The van der Waals surface area contributed by atoms with Crippen molar-refractivity contribution in [3.63, 3.8) is 0 Å². The Morgan fingerprint density at radius 1 is 1.23 bits per heavy atom. The van der Waals surface area contributed by atoms with E-state index >= 15 is 0 Å². The standard InChI is InChI=1S/C20H16N2O4/c1-22-19(24)16(11-21)18(23)13-7-8-15-14(9-13)10-17(26-20(15)25)12-5-3-2-4-6-12/h2-9,16-17H,10H2,1H3,(H,22,24)/t16-,17+/m1/s1. The highest BCUT2D eigenvalue weighted by atomic mass is 16.5. The van der Waals surface area contributed by atoms with Crippen LogP contribution in [0.4, 0.5) is 0 Å². The highest BCUT2D eigenvalue weighted by molar-refractivity contribution is 6.12. The molecule has 0 aromatic heterocycles. The highest BCUT2D eigenvalue weighted by Crippen LogP contribution is 2.31. The van der Waals surface area contributed by atoms with Gasteiger partial charge < -0.3 is 10.1 Å². The van der Waals surface area contributed by atoms with Crippen LogP contribution in [0.2, 0.25) is 0 Å². The van der Waals surface area contributed by atoms with E-state index in [9.17, 15) is 14.4 Å². The maximum atomic E-state index is 12.5. The quantitative estimate of drug-likeness (QED) is 0.519. The van der Waals surface area contributed by atoms with Crippen molar-refractivity contribution in [3.05, 3.63) is 70.8 Å². The molecule has 26 heavy (non-hydrogen) atoms. The first kappa shape index (κ1) is 17.4. The molecule has 0 bridgehead atoms. The van der Waals surface area contributed by atoms with Gasteiger partial charge in [0.05, 0.1) is 11.6 Å². The van der Waals surface area contributed by atoms with Crippen molar-refractivity contribution in [2.45, 2.75) is 12.5 Å². The Morgan fingerprint density at radius 3 is 2.62 bits per heavy atom. The fourth-order valence-corrected chi connectivity index (χ4v) is 2.95. The van der Waals surface area contributed by atoms with Crippen LogP contribution in [0.15, 0.2) is 48.5 Å². The molecule has 1 N–H and O–H groups in total. The number of benzene rings is 2. The monoisotopic (exact) mass is 348 g/mol. The average Bonchev–Trinajstić information content (AvgIpc) is 2.68. The summed E-state index contributed by atoms with van der Waals surface area (Å²) in [5.74, 6) is -3.12. The minimum atomic E-state index is -1.42. The molecule has 0 fully saturated rings. The Kier molecular flexibility index (Phi) is 4.81. The molecule has 6 heteroatoms. The zero-order chi connectivity index (χ0) is 18.7. The van der Waals surface area contributed by atoms with Gasteiger partial charge in [0.15, 0.2) is 11.7 Å². The Balaban J connectivity index is 1.93. The largest absolute Gasteiger partial charge is 0.454 e. The normalized spacial score (nSPS) is 16.6. The highest BCUT2D eigenvalue weighted by Gasteiger charge is 2.31. The molecular weight excluding hydrogens is 332 g/mol. The van der Waals surface area contributed by atoms with Crippen LogP contribution in [0.1, 0.15) is 37.9 Å². The number of amides is 1. The molecule has 1 aliphatic heterocycles. The van der Waals surface area contributed by atoms with Crippen LogP contribution in [0, 0.1) is 17.2 Å². The summed E-state index contributed by atoms with van der Waals surface area (Å²) in [7, 11) is 1.37. The van der Waals surface area contributed by atoms with Crippen molar-refractivity contribution in [1.82, 2.24) is 5.32 Å². The fraction of sp³-hybridized carbons (Fsp3) is 0.200. The van der Waals surface area contributed by atoms with Crippen molar-refractivity contribution < 1.29 is 19.1 Å². The number of hydrogen-bond donors (Lipinski definition) is 1. The average molecular weight is 348 g/mol. The number of ketones is 1. The van der Waals surface area contributed by atoms with Gasteiger partial charge >= 0.3 is 5.97 Å². The molecule has 0 aliphatic carbocycles. The summed E-state index contributed by atoms with van der Waals surface area (Å²) in [6.45, 7) is 0. The first-order chi connectivity index (χ1) is 12.5. The number of carbonyl (C=O) groups is 3. The first-order valence-corrected chi connectivity index (χ1v) is 8.09. The SMILES string of the molecule is CNC(=O)[C@H](C#N)C(=O)c1ccc2c(c1)C[C@@H](c1ccccc1)OC2=O. The summed E-state index contributed by atoms with van der Waals surface area (Å²) >= 11 is 0. The van der Waals surface area contributed by atoms with Gasteiger partial charge in [0.2, 0.25) is 5.91 Å². The zero-order valence-corrected chi connectivity index (χ0v) is 14.1. The van der Waals surface area contributed by atoms with Gasteiger partial charge in [-0.3, -0.25) is 9.59 Å². The minimum absolute atomic E-state index is 0.223. The van der Waals surface area contributed by atoms with Crippen LogP contribution in [0.5, 0.6) is 0 Å². The van der Waals surface area contributed by atoms with E-state index in [0.717, 1.165) is 5.56 Å². The number of Topliss-reactive ketones (excluding diaryl/α,β-unsaturated/α-hetero) is 1. The molecule has 3 rings (SSSR count). The molecule has 1 amide bonds. The second-order valence-electron chi connectivity index (χ2n) is 5.92. The van der Waals surface area contributed by atoms with E-state index in [1.165, 1.54) is 19.2 Å². The summed E-state index contributed by atoms with van der Waals surface area (Å²) in [4.78, 5) is 36.5. The molecule has 6 nitrogen and oxygen atoms in total. The molecule has 0 spiro atoms. The summed E-state index contributed by atoms with van der Waals surface area (Å²) in [5.41, 5.74) is 2.14. The van der Waals surface area contributed by atoms with Crippen molar-refractivity contribution in [3.8, 4) is 6.07 Å². The lowest BCUT2D eigenvalue weighted by atomic mass is 9.90. The van der Waals surface area contributed by atoms with E-state index in [0.29, 0.717) is 17.5 Å². The molecule has 1 aliphatic rings. The predicted octanol–water partition coefficient (Wildman–Crippen LogP) is 2.21. The van der Waals surface area contributed by atoms with E-state index in [-0.39, 0.29) is 5.56 Å². The number of cyclic esters (lactones) is 1. The molecule has 2 aromatic carbocycles. The van der Waals surface area contributed by atoms with Gasteiger partial charge in [-0.05, 0) is 23.3 Å². The second kappa shape index (κ2) is 7.19. The molecule has 2 aromatic rings. The Morgan fingerprint density at radius 2 is 1.96 bits per heavy atom. The lowest BCUT2D eigenvalue weighted by molar-refractivity contribution is -0.121. The third-order valence-electron chi connectivity index (χ3n) is 4.34. The van der Waals surface area contributed by atoms with Gasteiger partial charge in [-0.15, -0.1) is 0 Å². The van der Waals surface area contributed by atoms with E-state index in [1.807, 2.05) is 30.3 Å². The van der Waals surface area contributed by atoms with Gasteiger partial charge in [-0.2, -0.15) is 5.26 Å². The number of ether oxygens (including phenoxy) is 1. The van der Waals surface area contributed by atoms with Crippen LogP contribution in [0.25, 0.3) is 0 Å². The third kappa shape index (κ3) is 3.20. The van der Waals surface area contributed by atoms with Crippen LogP contribution in [-0.4, -0.2) is 24.7 Å². The number of carbonyl (C=O) groups excluding carboxylic acids is 3. The number of hydrogen-bond acceptors (Lipinski definition) is 5. The summed E-state index contributed by atoms with van der Waals surface area (Å²) < 4.78 is 5.48. The van der Waals surface area contributed by atoms with E-state index < -0.39 is 29.7 Å². The summed E-state index contributed by atoms with van der Waals surface area (Å²) in [6, 6.07) is 15.6. The van der Waals surface area contributed by atoms with E-state index in [1.54, 1.807) is 12.1 Å². The Bertz CT molecular complexity index is 915. The fourth-order valence-electron chi connectivity index (χ4n) is 2.95. The second-order valence-corrected chi connectivity index (χ2v) is 5.92. The molecular formula is C20H16N2O4. The number of nitriles is 1. The van der Waals surface area contributed by atoms with Crippen molar-refractivity contribution >= 4 is 17.7 Å². The molecule has 130 valence electrons. The molecule has 2 atom stereocenters. The van der Waals surface area contributed by atoms with Crippen molar-refractivity contribution in [2.75, 3.05) is 7.05 Å². The van der Waals surface area contributed by atoms with Crippen LogP contribution >= 0.6 is 0 Å². The molecule has 1 heterocycles. The summed E-state index contributed by atoms with van der Waals surface area (Å²) in [6.07, 6.45) is -0.0177. The zero-order valence-electron chi connectivity index (χ0n) is 14.1. The number of nitrogens with zero attached hydrogens (tertiary/aromatic N) is 1. The minimum Gasteiger partial charge on any atom is -0.454 e. The van der Waals surface area contributed by atoms with E-state index in [4.69, 9.17) is 10.00 Å². The maximum Gasteiger partial charge on any atom is 0.339 e. The lowest BCUT2D eigenvalue weighted by Crippen LogP contribution is -2.32. The van der Waals surface area contributed by atoms with Gasteiger partial charge in [0.25, 0.3) is 0 Å². The Labute approximate surface area is 150 Å². The topological polar surface area (TPSA) is 96.3 Å². The molecule has 0 radical (unpaired) electrons. The Hall–Kier alpha value is -3.46. The third-order valence-corrected chi connectivity index (χ3v) is 4.34. The molecule has 0 saturated carbocycles. The van der Waals surface area contributed by atoms with Crippen molar-refractivity contribution in [2.24, 2.45) is 5.92 Å². The number of rotatable bonds is 4. The van der Waals surface area contributed by atoms with E-state index in [2.05, 4.69) is 5.32 Å².